The zero-order chi connectivity index (χ0) is 14.9. The molecule has 0 radical (unpaired) electrons. The van der Waals surface area contributed by atoms with E-state index in [2.05, 4.69) is 15.9 Å². The van der Waals surface area contributed by atoms with Crippen LogP contribution in [-0.2, 0) is 9.84 Å². The summed E-state index contributed by atoms with van der Waals surface area (Å²) < 4.78 is 29.5. The predicted octanol–water partition coefficient (Wildman–Crippen LogP) is 2.39. The van der Waals surface area contributed by atoms with Crippen molar-refractivity contribution in [3.63, 3.8) is 0 Å². The molecule has 0 aliphatic heterocycles. The maximum absolute atomic E-state index is 12.3. The SMILES string of the molecule is O=Cc1ccc(S(=O)(=O)c2ccc(C(=O)O)cc2Br)o1. The van der Waals surface area contributed by atoms with E-state index in [-0.39, 0.29) is 25.8 Å². The molecule has 1 aromatic carbocycles. The molecular formula is C12H7BrO6S. The lowest BCUT2D eigenvalue weighted by Gasteiger charge is -2.05. The topological polar surface area (TPSA) is 102 Å². The second-order valence-corrected chi connectivity index (χ2v) is 6.43. The van der Waals surface area contributed by atoms with E-state index < -0.39 is 15.8 Å². The first-order valence-corrected chi connectivity index (χ1v) is 7.47. The van der Waals surface area contributed by atoms with E-state index in [0.717, 1.165) is 12.1 Å². The minimum absolute atomic E-state index is 0.0520. The average Bonchev–Trinajstić information content (AvgIpc) is 2.87. The first-order chi connectivity index (χ1) is 9.36. The van der Waals surface area contributed by atoms with Crippen LogP contribution in [0.4, 0.5) is 0 Å². The minimum Gasteiger partial charge on any atom is -0.478 e. The van der Waals surface area contributed by atoms with Gasteiger partial charge in [0.2, 0.25) is 14.9 Å². The summed E-state index contributed by atoms with van der Waals surface area (Å²) in [5, 5.41) is 8.44. The Balaban J connectivity index is 2.54. The van der Waals surface area contributed by atoms with Crippen molar-refractivity contribution in [1.82, 2.24) is 0 Å². The summed E-state index contributed by atoms with van der Waals surface area (Å²) in [6.07, 6.45) is 0.390. The van der Waals surface area contributed by atoms with Crippen LogP contribution in [0.15, 0.2) is 49.2 Å². The Morgan fingerprint density at radius 2 is 1.95 bits per heavy atom. The second kappa shape index (κ2) is 5.22. The molecule has 0 spiro atoms. The van der Waals surface area contributed by atoms with Gasteiger partial charge in [0, 0.05) is 4.47 Å². The van der Waals surface area contributed by atoms with Crippen molar-refractivity contribution >= 4 is 38.0 Å². The van der Waals surface area contributed by atoms with Crippen LogP contribution in [0, 0.1) is 0 Å². The minimum atomic E-state index is -3.97. The predicted molar refractivity (Wildman–Crippen MR) is 70.6 cm³/mol. The van der Waals surface area contributed by atoms with Crippen molar-refractivity contribution < 1.29 is 27.5 Å². The number of benzene rings is 1. The number of carboxylic acids is 1. The Labute approximate surface area is 122 Å². The Bertz CT molecular complexity index is 790. The molecule has 0 atom stereocenters. The third-order valence-corrected chi connectivity index (χ3v) is 5.05. The van der Waals surface area contributed by atoms with Gasteiger partial charge in [0.15, 0.2) is 12.0 Å². The highest BCUT2D eigenvalue weighted by Gasteiger charge is 2.25. The molecule has 0 amide bonds. The molecule has 0 aliphatic carbocycles. The van der Waals surface area contributed by atoms with Gasteiger partial charge in [-0.15, -0.1) is 0 Å². The van der Waals surface area contributed by atoms with Gasteiger partial charge in [0.25, 0.3) is 0 Å². The molecule has 104 valence electrons. The van der Waals surface area contributed by atoms with Crippen LogP contribution < -0.4 is 0 Å². The summed E-state index contributed by atoms with van der Waals surface area (Å²) in [4.78, 5) is 21.2. The normalized spacial score (nSPS) is 11.2. The number of rotatable bonds is 4. The largest absolute Gasteiger partial charge is 0.478 e. The molecule has 8 heteroatoms. The molecule has 2 aromatic rings. The van der Waals surface area contributed by atoms with Crippen molar-refractivity contribution in [3.8, 4) is 0 Å². The van der Waals surface area contributed by atoms with Crippen LogP contribution in [0.2, 0.25) is 0 Å². The summed E-state index contributed by atoms with van der Waals surface area (Å²) in [7, 11) is -3.97. The Morgan fingerprint density at radius 1 is 1.25 bits per heavy atom. The molecule has 0 aliphatic rings. The van der Waals surface area contributed by atoms with Crippen LogP contribution in [0.25, 0.3) is 0 Å². The fourth-order valence-electron chi connectivity index (χ4n) is 1.50. The maximum Gasteiger partial charge on any atom is 0.335 e. The van der Waals surface area contributed by atoms with Gasteiger partial charge in [-0.1, -0.05) is 0 Å². The lowest BCUT2D eigenvalue weighted by molar-refractivity contribution is 0.0696. The molecule has 0 fully saturated rings. The van der Waals surface area contributed by atoms with Gasteiger partial charge >= 0.3 is 5.97 Å². The number of aromatic carboxylic acids is 1. The highest BCUT2D eigenvalue weighted by molar-refractivity contribution is 9.10. The van der Waals surface area contributed by atoms with Gasteiger partial charge in [-0.25, -0.2) is 13.2 Å². The highest BCUT2D eigenvalue weighted by Crippen LogP contribution is 2.29. The molecular weight excluding hydrogens is 352 g/mol. The van der Waals surface area contributed by atoms with E-state index in [4.69, 9.17) is 9.52 Å². The van der Waals surface area contributed by atoms with Crippen LogP contribution in [0.5, 0.6) is 0 Å². The van der Waals surface area contributed by atoms with E-state index in [9.17, 15) is 18.0 Å². The average molecular weight is 359 g/mol. The summed E-state index contributed by atoms with van der Waals surface area (Å²) in [6.45, 7) is 0. The molecule has 1 N–H and O–H groups in total. The van der Waals surface area contributed by atoms with E-state index in [1.807, 2.05) is 0 Å². The number of aldehydes is 1. The monoisotopic (exact) mass is 358 g/mol. The third kappa shape index (κ3) is 2.52. The zero-order valence-electron chi connectivity index (χ0n) is 9.74. The standard InChI is InChI=1S/C12H7BrO6S/c13-9-5-7(12(15)16)1-3-10(9)20(17,18)11-4-2-8(6-14)19-11/h1-6H,(H,15,16). The number of furan rings is 1. The van der Waals surface area contributed by atoms with E-state index in [0.29, 0.717) is 6.29 Å². The van der Waals surface area contributed by atoms with Gasteiger partial charge in [-0.2, -0.15) is 0 Å². The van der Waals surface area contributed by atoms with Crippen molar-refractivity contribution in [2.24, 2.45) is 0 Å². The molecule has 20 heavy (non-hydrogen) atoms. The molecule has 0 unspecified atom stereocenters. The third-order valence-electron chi connectivity index (χ3n) is 2.45. The Kier molecular flexibility index (Phi) is 3.78. The molecule has 0 saturated carbocycles. The van der Waals surface area contributed by atoms with Gasteiger partial charge in [-0.05, 0) is 46.3 Å². The van der Waals surface area contributed by atoms with Crippen LogP contribution in [-0.4, -0.2) is 25.8 Å². The van der Waals surface area contributed by atoms with Gasteiger partial charge < -0.3 is 9.52 Å². The van der Waals surface area contributed by atoms with Crippen molar-refractivity contribution in [2.45, 2.75) is 9.99 Å². The molecule has 0 saturated heterocycles. The number of hydrogen-bond acceptors (Lipinski definition) is 5. The van der Waals surface area contributed by atoms with Crippen molar-refractivity contribution in [3.05, 3.63) is 46.1 Å². The highest BCUT2D eigenvalue weighted by atomic mass is 79.9. The van der Waals surface area contributed by atoms with E-state index >= 15 is 0 Å². The van der Waals surface area contributed by atoms with Crippen LogP contribution >= 0.6 is 15.9 Å². The second-order valence-electron chi connectivity index (χ2n) is 3.73. The lowest BCUT2D eigenvalue weighted by Crippen LogP contribution is -2.04. The zero-order valence-corrected chi connectivity index (χ0v) is 12.1. The Hall–Kier alpha value is -1.93. The number of carboxylic acid groups (broad SMARTS) is 1. The number of hydrogen-bond donors (Lipinski definition) is 1. The number of halogens is 1. The summed E-state index contributed by atoms with van der Waals surface area (Å²) in [5.41, 5.74) is -0.0520. The van der Waals surface area contributed by atoms with E-state index in [1.165, 1.54) is 18.2 Å². The molecule has 6 nitrogen and oxygen atoms in total. The van der Waals surface area contributed by atoms with Crippen molar-refractivity contribution in [2.75, 3.05) is 0 Å². The Morgan fingerprint density at radius 3 is 2.45 bits per heavy atom. The fraction of sp³-hybridized carbons (Fsp3) is 0. The van der Waals surface area contributed by atoms with Crippen molar-refractivity contribution in [1.29, 1.82) is 0 Å². The fourth-order valence-corrected chi connectivity index (χ4v) is 3.75. The summed E-state index contributed by atoms with van der Waals surface area (Å²) >= 11 is 3.02. The van der Waals surface area contributed by atoms with Gasteiger partial charge in [0.1, 0.15) is 0 Å². The first kappa shape index (κ1) is 14.5. The molecule has 1 heterocycles. The molecule has 0 bridgehead atoms. The number of carbonyl (C=O) groups excluding carboxylic acids is 1. The smallest absolute Gasteiger partial charge is 0.335 e. The quantitative estimate of drug-likeness (QED) is 0.841. The van der Waals surface area contributed by atoms with Gasteiger partial charge in [-0.3, -0.25) is 4.79 Å². The molecule has 2 rings (SSSR count). The number of sulfone groups is 1. The lowest BCUT2D eigenvalue weighted by atomic mass is 10.2. The van der Waals surface area contributed by atoms with Crippen LogP contribution in [0.3, 0.4) is 0 Å². The summed E-state index contributed by atoms with van der Waals surface area (Å²) in [5.74, 6) is -1.28. The van der Waals surface area contributed by atoms with Gasteiger partial charge in [0.05, 0.1) is 10.5 Å². The molecule has 1 aromatic heterocycles. The van der Waals surface area contributed by atoms with E-state index in [1.54, 1.807) is 0 Å². The number of carbonyl (C=O) groups is 2. The van der Waals surface area contributed by atoms with Crippen LogP contribution in [0.1, 0.15) is 20.9 Å². The summed E-state index contributed by atoms with van der Waals surface area (Å²) in [6, 6.07) is 5.91. The maximum atomic E-state index is 12.3. The first-order valence-electron chi connectivity index (χ1n) is 5.19.